The molecule has 0 saturated heterocycles. The van der Waals surface area contributed by atoms with Gasteiger partial charge in [0.05, 0.1) is 5.02 Å². The van der Waals surface area contributed by atoms with Gasteiger partial charge in [-0.05, 0) is 65.9 Å². The second-order valence-corrected chi connectivity index (χ2v) is 7.08. The smallest absolute Gasteiger partial charge is 0.145 e. The van der Waals surface area contributed by atoms with E-state index in [1.165, 1.54) is 25.7 Å². The minimum Gasteiger partial charge on any atom is -0.366 e. The van der Waals surface area contributed by atoms with Crippen LogP contribution >= 0.6 is 27.5 Å². The Bertz CT molecular complexity index is 451. The zero-order valence-electron chi connectivity index (χ0n) is 10.5. The predicted molar refractivity (Wildman–Crippen MR) is 79.0 cm³/mol. The number of nitrogens with one attached hydrogen (secondary N) is 1. The summed E-state index contributed by atoms with van der Waals surface area (Å²) >= 11 is 9.58. The molecule has 2 bridgehead atoms. The van der Waals surface area contributed by atoms with E-state index in [-0.39, 0.29) is 0 Å². The summed E-state index contributed by atoms with van der Waals surface area (Å²) in [6.45, 7) is 2.27. The number of fused-ring (bicyclic) bond motifs is 2. The second kappa shape index (κ2) is 5.01. The minimum absolute atomic E-state index is 0.464. The number of halogens is 2. The molecule has 0 spiro atoms. The van der Waals surface area contributed by atoms with Crippen LogP contribution in [0.25, 0.3) is 0 Å². The Labute approximate surface area is 122 Å². The molecule has 4 atom stereocenters. The van der Waals surface area contributed by atoms with Crippen LogP contribution < -0.4 is 5.32 Å². The van der Waals surface area contributed by atoms with Crippen LogP contribution in [0.2, 0.25) is 5.02 Å². The molecular formula is C14H18BrClN2. The molecular weight excluding hydrogens is 312 g/mol. The number of aromatic nitrogens is 1. The normalized spacial score (nSPS) is 31.6. The van der Waals surface area contributed by atoms with Crippen molar-refractivity contribution in [1.82, 2.24) is 4.98 Å². The number of hydrogen-bond donors (Lipinski definition) is 1. The van der Waals surface area contributed by atoms with E-state index < -0.39 is 0 Å². The van der Waals surface area contributed by atoms with Crippen LogP contribution in [0.1, 0.15) is 32.6 Å². The summed E-state index contributed by atoms with van der Waals surface area (Å²) in [6.07, 6.45) is 7.49. The van der Waals surface area contributed by atoms with Gasteiger partial charge in [0.25, 0.3) is 0 Å². The van der Waals surface area contributed by atoms with Gasteiger partial charge in [-0.1, -0.05) is 18.0 Å². The van der Waals surface area contributed by atoms with Crippen molar-refractivity contribution in [3.63, 3.8) is 0 Å². The molecule has 0 radical (unpaired) electrons. The fraction of sp³-hybridized carbons (Fsp3) is 0.643. The lowest BCUT2D eigenvalue weighted by Crippen LogP contribution is -2.30. The molecule has 98 valence electrons. The molecule has 2 fully saturated rings. The summed E-state index contributed by atoms with van der Waals surface area (Å²) in [5.74, 6) is 3.52. The summed E-state index contributed by atoms with van der Waals surface area (Å²) in [5, 5.41) is 4.19. The lowest BCUT2D eigenvalue weighted by atomic mass is 9.84. The molecule has 0 aromatic carbocycles. The Morgan fingerprint density at radius 2 is 2.28 bits per heavy atom. The zero-order valence-corrected chi connectivity index (χ0v) is 12.8. The zero-order chi connectivity index (χ0) is 12.7. The monoisotopic (exact) mass is 328 g/mol. The Morgan fingerprint density at radius 3 is 2.89 bits per heavy atom. The van der Waals surface area contributed by atoms with Crippen molar-refractivity contribution in [3.05, 3.63) is 21.8 Å². The van der Waals surface area contributed by atoms with Crippen molar-refractivity contribution in [3.8, 4) is 0 Å². The van der Waals surface area contributed by atoms with Crippen LogP contribution in [0.3, 0.4) is 0 Å². The summed E-state index contributed by atoms with van der Waals surface area (Å²) in [7, 11) is 0. The van der Waals surface area contributed by atoms with Crippen molar-refractivity contribution in [2.75, 3.05) is 5.32 Å². The number of hydrogen-bond acceptors (Lipinski definition) is 2. The van der Waals surface area contributed by atoms with Crippen LogP contribution in [0, 0.1) is 17.8 Å². The van der Waals surface area contributed by atoms with E-state index in [9.17, 15) is 0 Å². The van der Waals surface area contributed by atoms with Crippen molar-refractivity contribution in [2.45, 2.75) is 38.6 Å². The molecule has 2 aliphatic carbocycles. The second-order valence-electron chi connectivity index (χ2n) is 5.76. The molecule has 4 heteroatoms. The first-order chi connectivity index (χ1) is 8.63. The Balaban J connectivity index is 1.69. The topological polar surface area (TPSA) is 24.9 Å². The van der Waals surface area contributed by atoms with Crippen LogP contribution in [-0.4, -0.2) is 11.0 Å². The highest BCUT2D eigenvalue weighted by Gasteiger charge is 2.41. The number of anilines is 1. The number of pyridine rings is 1. The van der Waals surface area contributed by atoms with E-state index in [1.807, 2.05) is 6.07 Å². The van der Waals surface area contributed by atoms with Crippen LogP contribution in [0.4, 0.5) is 5.82 Å². The molecule has 1 aromatic heterocycles. The highest BCUT2D eigenvalue weighted by Crippen LogP contribution is 2.49. The van der Waals surface area contributed by atoms with Gasteiger partial charge in [-0.15, -0.1) is 0 Å². The molecule has 0 amide bonds. The van der Waals surface area contributed by atoms with E-state index in [0.717, 1.165) is 28.0 Å². The lowest BCUT2D eigenvalue weighted by Gasteiger charge is -2.29. The van der Waals surface area contributed by atoms with E-state index in [1.54, 1.807) is 6.20 Å². The summed E-state index contributed by atoms with van der Waals surface area (Å²) < 4.78 is 0.922. The minimum atomic E-state index is 0.464. The van der Waals surface area contributed by atoms with Gasteiger partial charge >= 0.3 is 0 Å². The summed E-state index contributed by atoms with van der Waals surface area (Å²) in [4.78, 5) is 4.36. The molecule has 2 saturated carbocycles. The quantitative estimate of drug-likeness (QED) is 0.867. The average molecular weight is 330 g/mol. The van der Waals surface area contributed by atoms with Gasteiger partial charge in [0, 0.05) is 16.7 Å². The average Bonchev–Trinajstić information content (AvgIpc) is 2.94. The van der Waals surface area contributed by atoms with E-state index in [2.05, 4.69) is 33.2 Å². The maximum Gasteiger partial charge on any atom is 0.145 e. The predicted octanol–water partition coefficient (Wildman–Crippen LogP) is 4.73. The largest absolute Gasteiger partial charge is 0.366 e. The van der Waals surface area contributed by atoms with E-state index in [4.69, 9.17) is 11.6 Å². The Kier molecular flexibility index (Phi) is 3.55. The first kappa shape index (κ1) is 12.7. The lowest BCUT2D eigenvalue weighted by molar-refractivity contribution is 0.304. The van der Waals surface area contributed by atoms with E-state index in [0.29, 0.717) is 11.1 Å². The van der Waals surface area contributed by atoms with E-state index >= 15 is 0 Å². The molecule has 1 N–H and O–H groups in total. The SMILES string of the molecule is CC(Nc1ncc(Br)cc1Cl)C1CC2CCC1C2. The van der Waals surface area contributed by atoms with Crippen molar-refractivity contribution >= 4 is 33.3 Å². The molecule has 18 heavy (non-hydrogen) atoms. The maximum atomic E-state index is 6.20. The summed E-state index contributed by atoms with van der Waals surface area (Å²) in [5.41, 5.74) is 0. The third-order valence-electron chi connectivity index (χ3n) is 4.61. The highest BCUT2D eigenvalue weighted by atomic mass is 79.9. The molecule has 2 nitrogen and oxygen atoms in total. The molecule has 1 heterocycles. The van der Waals surface area contributed by atoms with Gasteiger partial charge in [-0.3, -0.25) is 0 Å². The standard InChI is InChI=1S/C14H18BrClN2/c1-8(12-5-9-2-3-10(12)4-9)18-14-13(16)6-11(15)7-17-14/h6-10,12H,2-5H2,1H3,(H,17,18). The highest BCUT2D eigenvalue weighted by molar-refractivity contribution is 9.10. The first-order valence-electron chi connectivity index (χ1n) is 6.71. The fourth-order valence-corrected chi connectivity index (χ4v) is 4.43. The molecule has 2 aliphatic rings. The van der Waals surface area contributed by atoms with Gasteiger partial charge in [-0.2, -0.15) is 0 Å². The van der Waals surface area contributed by atoms with Gasteiger partial charge in [-0.25, -0.2) is 4.98 Å². The van der Waals surface area contributed by atoms with Gasteiger partial charge < -0.3 is 5.32 Å². The van der Waals surface area contributed by atoms with Gasteiger partial charge in [0.15, 0.2) is 0 Å². The maximum absolute atomic E-state index is 6.20. The van der Waals surface area contributed by atoms with Gasteiger partial charge in [0.1, 0.15) is 5.82 Å². The molecule has 0 aliphatic heterocycles. The third kappa shape index (κ3) is 2.39. The number of nitrogens with zero attached hydrogens (tertiary/aromatic N) is 1. The van der Waals surface area contributed by atoms with Gasteiger partial charge in [0.2, 0.25) is 0 Å². The van der Waals surface area contributed by atoms with Crippen LogP contribution in [0.15, 0.2) is 16.7 Å². The summed E-state index contributed by atoms with van der Waals surface area (Å²) in [6, 6.07) is 2.36. The van der Waals surface area contributed by atoms with Crippen molar-refractivity contribution in [2.24, 2.45) is 17.8 Å². The van der Waals surface area contributed by atoms with Crippen molar-refractivity contribution < 1.29 is 0 Å². The molecule has 3 rings (SSSR count). The van der Waals surface area contributed by atoms with Crippen LogP contribution in [-0.2, 0) is 0 Å². The Hall–Kier alpha value is -0.280. The van der Waals surface area contributed by atoms with Crippen molar-refractivity contribution in [1.29, 1.82) is 0 Å². The third-order valence-corrected chi connectivity index (χ3v) is 5.33. The first-order valence-corrected chi connectivity index (χ1v) is 7.88. The number of rotatable bonds is 3. The molecule has 4 unspecified atom stereocenters. The van der Waals surface area contributed by atoms with Crippen LogP contribution in [0.5, 0.6) is 0 Å². The Morgan fingerprint density at radius 1 is 1.44 bits per heavy atom. The molecule has 1 aromatic rings. The fourth-order valence-electron chi connectivity index (χ4n) is 3.75.